The summed E-state index contributed by atoms with van der Waals surface area (Å²) in [4.78, 5) is 0. The molecular formula is C9H13NO2. The van der Waals surface area contributed by atoms with Crippen molar-refractivity contribution in [2.24, 2.45) is 0 Å². The molecule has 3 nitrogen and oxygen atoms in total. The second-order valence-electron chi connectivity index (χ2n) is 2.19. The number of likely N-dealkylation sites (N-methyl/N-ethyl adjacent to an activating group) is 1. The molecule has 0 aliphatic carbocycles. The first kappa shape index (κ1) is 3.77. The molecule has 1 atom stereocenters. The summed E-state index contributed by atoms with van der Waals surface area (Å²) in [5.74, 6) is 0.0876. The van der Waals surface area contributed by atoms with Gasteiger partial charge in [-0.1, -0.05) is 12.1 Å². The quantitative estimate of drug-likeness (QED) is 0.612. The second-order valence-corrected chi connectivity index (χ2v) is 2.19. The summed E-state index contributed by atoms with van der Waals surface area (Å²) in [5, 5.41) is 8.85. The van der Waals surface area contributed by atoms with Crippen LogP contribution in [0.25, 0.3) is 0 Å². The van der Waals surface area contributed by atoms with E-state index in [1.54, 1.807) is 0 Å². The molecular weight excluding hydrogens is 154 g/mol. The smallest absolute Gasteiger partial charge is 0.293 e. The zero-order valence-electron chi connectivity index (χ0n) is 12.6. The Labute approximate surface area is 80.3 Å². The number of hydrogen-bond acceptors (Lipinski definition) is 3. The molecule has 0 aliphatic rings. The number of phenols is 1. The fourth-order valence-corrected chi connectivity index (χ4v) is 0.803. The standard InChI is InChI=1S/C9H13NO2/c1-10-6-9(12)7-3-2-4-8(11)5-7/h2-5,9-12H,6H2,1H3/t9-/m0/s1/i6D2,9D,12D/hD2. The van der Waals surface area contributed by atoms with Gasteiger partial charge in [0.1, 0.15) is 7.16 Å². The maximum atomic E-state index is 7.95. The Morgan fingerprint density at radius 1 is 1.92 bits per heavy atom. The van der Waals surface area contributed by atoms with Crippen molar-refractivity contribution in [1.29, 1.82) is 2.86 Å². The van der Waals surface area contributed by atoms with Crippen LogP contribution in [0.5, 0.6) is 5.75 Å². The van der Waals surface area contributed by atoms with Gasteiger partial charge in [0.05, 0.1) is 7.45 Å². The van der Waals surface area contributed by atoms with E-state index in [-0.39, 0.29) is 11.3 Å². The van der Waals surface area contributed by atoms with Gasteiger partial charge in [0.15, 0.2) is 0 Å². The molecule has 0 spiro atoms. The molecule has 0 bridgehead atoms. The summed E-state index contributed by atoms with van der Waals surface area (Å²) in [6, 6.07) is 5.48. The number of benzene rings is 1. The van der Waals surface area contributed by atoms with Gasteiger partial charge in [-0.15, -0.1) is 0 Å². The first-order valence-electron chi connectivity index (χ1n) is 6.16. The van der Waals surface area contributed by atoms with E-state index in [2.05, 4.69) is 10.2 Å². The summed E-state index contributed by atoms with van der Waals surface area (Å²) in [6.07, 6.45) is -2.43. The van der Waals surface area contributed by atoms with Crippen LogP contribution >= 0.6 is 0 Å². The lowest BCUT2D eigenvalue weighted by Crippen LogP contribution is -2.16. The summed E-state index contributed by atoms with van der Waals surface area (Å²) >= 11 is 0. The highest BCUT2D eigenvalue weighted by Crippen LogP contribution is 2.17. The van der Waals surface area contributed by atoms with Crippen LogP contribution in [-0.2, 0) is 0 Å². The van der Waals surface area contributed by atoms with Crippen LogP contribution in [0.15, 0.2) is 24.3 Å². The highest BCUT2D eigenvalue weighted by molar-refractivity contribution is 5.28. The van der Waals surface area contributed by atoms with Crippen molar-refractivity contribution >= 4 is 0 Å². The van der Waals surface area contributed by atoms with Gasteiger partial charge in [-0.2, -0.15) is 0 Å². The van der Waals surface area contributed by atoms with Gasteiger partial charge in [0.25, 0.3) is 1.43 Å². The largest absolute Gasteiger partial charge is 0.508 e. The molecule has 1 aromatic rings. The van der Waals surface area contributed by atoms with Crippen molar-refractivity contribution in [2.45, 2.75) is 6.08 Å². The molecule has 0 unspecified atom stereocenters. The van der Waals surface area contributed by atoms with E-state index in [1.807, 2.05) is 0 Å². The van der Waals surface area contributed by atoms with E-state index in [0.29, 0.717) is 5.31 Å². The second kappa shape index (κ2) is 4.09. The monoisotopic (exact) mass is 173 g/mol. The Morgan fingerprint density at radius 3 is 3.50 bits per heavy atom. The molecule has 1 aromatic carbocycles. The maximum absolute atomic E-state index is 7.95. The third kappa shape index (κ3) is 2.22. The van der Waals surface area contributed by atoms with Gasteiger partial charge >= 0.3 is 0 Å². The Bertz CT molecular complexity index is 416. The molecule has 12 heavy (non-hydrogen) atoms. The number of aliphatic hydroxyl groups is 1. The average Bonchev–Trinajstić information content (AvgIpc) is 2.37. The molecule has 1 rings (SSSR count). The van der Waals surface area contributed by atoms with Gasteiger partial charge in [0, 0.05) is 9.24 Å². The minimum atomic E-state index is -2.56. The normalized spacial score (nSPS) is 23.8. The first-order valence-corrected chi connectivity index (χ1v) is 3.40. The molecule has 0 heterocycles. The Morgan fingerprint density at radius 2 is 2.83 bits per heavy atom. The summed E-state index contributed by atoms with van der Waals surface area (Å²) in [6.45, 7) is -2.56. The molecule has 0 fully saturated rings. The van der Waals surface area contributed by atoms with Crippen LogP contribution in [0.4, 0.5) is 0 Å². The minimum Gasteiger partial charge on any atom is -0.508 e. The summed E-state index contributed by atoms with van der Waals surface area (Å²) in [5.41, 5.74) is -0.0219. The number of rotatable bonds is 5. The average molecular weight is 173 g/mol. The fraction of sp³-hybridized carbons (Fsp3) is 0.333. The van der Waals surface area contributed by atoms with Crippen LogP contribution in [0.2, 0.25) is 1.41 Å². The van der Waals surface area contributed by atoms with E-state index < -0.39 is 12.6 Å². The van der Waals surface area contributed by atoms with Crippen molar-refractivity contribution in [3.8, 4) is 5.75 Å². The lowest BCUT2D eigenvalue weighted by atomic mass is 10.1. The van der Waals surface area contributed by atoms with Crippen molar-refractivity contribution < 1.29 is 15.7 Å². The number of phenolic OH excluding ortho intramolecular Hbond substituents is 1. The van der Waals surface area contributed by atoms with Gasteiger partial charge < -0.3 is 15.5 Å². The summed E-state index contributed by atoms with van der Waals surface area (Å²) < 4.78 is 44.3. The lowest BCUT2D eigenvalue weighted by Gasteiger charge is -2.09. The highest BCUT2D eigenvalue weighted by Gasteiger charge is 2.05. The molecule has 0 radical (unpaired) electrons. The molecule has 3 heteroatoms. The van der Waals surface area contributed by atoms with Crippen molar-refractivity contribution in [2.75, 3.05) is 13.5 Å². The van der Waals surface area contributed by atoms with Gasteiger partial charge in [-0.3, -0.25) is 0 Å². The fourth-order valence-electron chi connectivity index (χ4n) is 0.803. The Hall–Kier alpha value is -1.06. The zero-order chi connectivity index (χ0) is 14.0. The van der Waals surface area contributed by atoms with Gasteiger partial charge in [0.2, 0.25) is 1.43 Å². The third-order valence-electron chi connectivity index (χ3n) is 1.31. The van der Waals surface area contributed by atoms with E-state index in [1.165, 1.54) is 24.3 Å². The van der Waals surface area contributed by atoms with Gasteiger partial charge in [-0.05, 0) is 24.7 Å². The van der Waals surface area contributed by atoms with Crippen molar-refractivity contribution in [3.63, 3.8) is 0 Å². The minimum absolute atomic E-state index is 0.0219. The maximum Gasteiger partial charge on any atom is 0.293 e. The molecule has 0 aliphatic heterocycles. The Kier molecular flexibility index (Phi) is 1.28. The molecule has 0 saturated carbocycles. The first-order chi connectivity index (χ1) is 8.29. The molecule has 0 saturated heterocycles. The number of hydrogen-bond donors (Lipinski definition) is 3. The number of aromatic hydroxyl groups is 1. The number of nitrogens with one attached hydrogen (secondary N) is 1. The molecule has 3 N–H and O–H groups in total. The van der Waals surface area contributed by atoms with E-state index in [9.17, 15) is 0 Å². The summed E-state index contributed by atoms with van der Waals surface area (Å²) in [7, 11) is 1.12. The van der Waals surface area contributed by atoms with E-state index in [4.69, 9.17) is 8.39 Å². The van der Waals surface area contributed by atoms with Crippen molar-refractivity contribution in [1.82, 2.24) is 5.31 Å². The predicted octanol–water partition coefficient (Wildman–Crippen LogP) is 0.645. The van der Waals surface area contributed by atoms with Crippen LogP contribution < -0.4 is 5.31 Å². The molecule has 0 aromatic heterocycles. The lowest BCUT2D eigenvalue weighted by molar-refractivity contribution is 0.177. The van der Waals surface area contributed by atoms with Gasteiger partial charge in [-0.25, -0.2) is 0 Å². The highest BCUT2D eigenvalue weighted by atomic mass is 16.3. The topological polar surface area (TPSA) is 52.5 Å². The Balaban J connectivity index is 3.30. The van der Waals surface area contributed by atoms with Crippen LogP contribution in [0, 0.1) is 0 Å². The molecule has 66 valence electrons. The SMILES string of the molecule is [2H]Oc1cccc([C@@]([2H])(O[2H])C([2H])([2H])N([2H])C)c1. The predicted molar refractivity (Wildman–Crippen MR) is 47.0 cm³/mol. The molecule has 0 amide bonds. The van der Waals surface area contributed by atoms with E-state index in [0.717, 1.165) is 7.05 Å². The van der Waals surface area contributed by atoms with Crippen molar-refractivity contribution in [3.05, 3.63) is 29.8 Å². The van der Waals surface area contributed by atoms with Crippen LogP contribution in [0.1, 0.15) is 15.8 Å². The third-order valence-corrected chi connectivity index (χ3v) is 1.31. The van der Waals surface area contributed by atoms with Crippen LogP contribution in [-0.4, -0.2) is 26.6 Å². The van der Waals surface area contributed by atoms with E-state index >= 15 is 0 Å². The van der Waals surface area contributed by atoms with Crippen LogP contribution in [0.3, 0.4) is 0 Å². The zero-order valence-corrected chi connectivity index (χ0v) is 6.57.